The van der Waals surface area contributed by atoms with Crippen LogP contribution in [0.25, 0.3) is 16.9 Å². The molecule has 0 fully saturated rings. The Bertz CT molecular complexity index is 919. The summed E-state index contributed by atoms with van der Waals surface area (Å²) in [6, 6.07) is 7.40. The second-order valence-electron chi connectivity index (χ2n) is 4.73. The van der Waals surface area contributed by atoms with E-state index < -0.39 is 29.1 Å². The molecule has 0 atom stereocenters. The van der Waals surface area contributed by atoms with Gasteiger partial charge in [-0.25, -0.2) is 22.6 Å². The second-order valence-corrected chi connectivity index (χ2v) is 5.17. The van der Waals surface area contributed by atoms with Gasteiger partial charge in [-0.15, -0.1) is 5.10 Å². The first kappa shape index (κ1) is 16.0. The number of halogens is 4. The van der Waals surface area contributed by atoms with E-state index in [9.17, 15) is 23.1 Å². The minimum absolute atomic E-state index is 0.0235. The van der Waals surface area contributed by atoms with E-state index in [-0.39, 0.29) is 11.4 Å². The molecule has 2 aromatic carbocycles. The molecular weight excluding hydrogens is 347 g/mol. The van der Waals surface area contributed by atoms with Crippen molar-refractivity contribution in [3.63, 3.8) is 0 Å². The fourth-order valence-electron chi connectivity index (χ4n) is 2.14. The minimum atomic E-state index is -1.63. The van der Waals surface area contributed by atoms with Crippen molar-refractivity contribution in [2.45, 2.75) is 0 Å². The highest BCUT2D eigenvalue weighted by atomic mass is 35.5. The van der Waals surface area contributed by atoms with Crippen LogP contribution < -0.4 is 0 Å². The lowest BCUT2D eigenvalue weighted by Crippen LogP contribution is -2.05. The first-order valence-electron chi connectivity index (χ1n) is 6.48. The average molecular weight is 354 g/mol. The molecular formula is C15H7ClF3N3O2. The Morgan fingerprint density at radius 3 is 2.21 bits per heavy atom. The zero-order valence-electron chi connectivity index (χ0n) is 11.7. The monoisotopic (exact) mass is 353 g/mol. The SMILES string of the molecule is O=C(O)c1nnn(-c2cc(F)c(F)c(F)c2)c1-c1ccc(Cl)cc1. The van der Waals surface area contributed by atoms with Crippen LogP contribution in [0.15, 0.2) is 36.4 Å². The van der Waals surface area contributed by atoms with Crippen LogP contribution in [0, 0.1) is 17.5 Å². The number of rotatable bonds is 3. The first-order chi connectivity index (χ1) is 11.4. The highest BCUT2D eigenvalue weighted by Gasteiger charge is 2.23. The molecule has 5 nitrogen and oxygen atoms in total. The van der Waals surface area contributed by atoms with E-state index in [0.717, 1.165) is 4.68 Å². The molecule has 9 heteroatoms. The Labute approximate surface area is 137 Å². The molecule has 0 bridgehead atoms. The number of hydrogen-bond donors (Lipinski definition) is 1. The zero-order chi connectivity index (χ0) is 17.4. The molecule has 0 spiro atoms. The Hall–Kier alpha value is -2.87. The molecule has 1 aromatic heterocycles. The van der Waals surface area contributed by atoms with Crippen LogP contribution in [0.3, 0.4) is 0 Å². The second kappa shape index (κ2) is 5.97. The topological polar surface area (TPSA) is 68.0 Å². The molecule has 122 valence electrons. The van der Waals surface area contributed by atoms with E-state index in [1.54, 1.807) is 0 Å². The van der Waals surface area contributed by atoms with Gasteiger partial charge in [-0.05, 0) is 12.1 Å². The van der Waals surface area contributed by atoms with Gasteiger partial charge < -0.3 is 5.11 Å². The molecule has 24 heavy (non-hydrogen) atoms. The summed E-state index contributed by atoms with van der Waals surface area (Å²) in [6.07, 6.45) is 0. The normalized spacial score (nSPS) is 10.8. The third-order valence-corrected chi connectivity index (χ3v) is 3.46. The summed E-state index contributed by atoms with van der Waals surface area (Å²) in [6.45, 7) is 0. The van der Waals surface area contributed by atoms with Crippen molar-refractivity contribution in [3.8, 4) is 16.9 Å². The van der Waals surface area contributed by atoms with Gasteiger partial charge >= 0.3 is 5.97 Å². The maximum atomic E-state index is 13.5. The standard InChI is InChI=1S/C15H7ClF3N3O2/c16-8-3-1-7(2-4-8)14-13(15(23)24)20-21-22(14)9-5-10(17)12(19)11(18)6-9/h1-6H,(H,23,24). The third kappa shape index (κ3) is 2.71. The molecule has 0 radical (unpaired) electrons. The first-order valence-corrected chi connectivity index (χ1v) is 6.86. The summed E-state index contributed by atoms with van der Waals surface area (Å²) in [7, 11) is 0. The summed E-state index contributed by atoms with van der Waals surface area (Å²) in [5.41, 5.74) is -0.310. The van der Waals surface area contributed by atoms with Gasteiger partial charge in [0, 0.05) is 22.7 Å². The summed E-state index contributed by atoms with van der Waals surface area (Å²) in [4.78, 5) is 11.3. The number of benzene rings is 2. The molecule has 3 rings (SSSR count). The van der Waals surface area contributed by atoms with Crippen molar-refractivity contribution in [3.05, 3.63) is 64.6 Å². The smallest absolute Gasteiger partial charge is 0.358 e. The molecule has 0 aliphatic carbocycles. The molecule has 0 aliphatic heterocycles. The van der Waals surface area contributed by atoms with Crippen LogP contribution in [0.4, 0.5) is 13.2 Å². The lowest BCUT2D eigenvalue weighted by Gasteiger charge is -2.08. The Morgan fingerprint density at radius 1 is 1.08 bits per heavy atom. The predicted molar refractivity (Wildman–Crippen MR) is 78.6 cm³/mol. The van der Waals surface area contributed by atoms with E-state index in [1.807, 2.05) is 0 Å². The number of nitrogens with zero attached hydrogens (tertiary/aromatic N) is 3. The van der Waals surface area contributed by atoms with E-state index in [2.05, 4.69) is 10.3 Å². The molecule has 0 aliphatic rings. The summed E-state index contributed by atoms with van der Waals surface area (Å²) in [5, 5.41) is 16.8. The molecule has 1 N–H and O–H groups in total. The van der Waals surface area contributed by atoms with Crippen molar-refractivity contribution in [2.75, 3.05) is 0 Å². The van der Waals surface area contributed by atoms with Crippen molar-refractivity contribution < 1.29 is 23.1 Å². The van der Waals surface area contributed by atoms with Crippen LogP contribution in [0.1, 0.15) is 10.5 Å². The highest BCUT2D eigenvalue weighted by Crippen LogP contribution is 2.27. The minimum Gasteiger partial charge on any atom is -0.476 e. The van der Waals surface area contributed by atoms with Crippen molar-refractivity contribution in [2.24, 2.45) is 0 Å². The quantitative estimate of drug-likeness (QED) is 0.729. The van der Waals surface area contributed by atoms with Crippen LogP contribution in [0.2, 0.25) is 5.02 Å². The lowest BCUT2D eigenvalue weighted by atomic mass is 10.1. The largest absolute Gasteiger partial charge is 0.476 e. The van der Waals surface area contributed by atoms with Gasteiger partial charge in [0.15, 0.2) is 23.1 Å². The van der Waals surface area contributed by atoms with E-state index in [4.69, 9.17) is 11.6 Å². The molecule has 0 saturated heterocycles. The summed E-state index contributed by atoms with van der Waals surface area (Å²) >= 11 is 5.80. The average Bonchev–Trinajstić information content (AvgIpc) is 2.98. The van der Waals surface area contributed by atoms with Gasteiger partial charge in [0.2, 0.25) is 0 Å². The zero-order valence-corrected chi connectivity index (χ0v) is 12.4. The van der Waals surface area contributed by atoms with Gasteiger partial charge in [-0.1, -0.05) is 28.9 Å². The van der Waals surface area contributed by atoms with Crippen LogP contribution >= 0.6 is 11.6 Å². The lowest BCUT2D eigenvalue weighted by molar-refractivity contribution is 0.0691. The number of carbonyl (C=O) groups is 1. The number of hydrogen-bond acceptors (Lipinski definition) is 3. The number of carboxylic acid groups (broad SMARTS) is 1. The fourth-order valence-corrected chi connectivity index (χ4v) is 2.26. The molecule has 0 amide bonds. The van der Waals surface area contributed by atoms with Crippen LogP contribution in [-0.4, -0.2) is 26.1 Å². The van der Waals surface area contributed by atoms with Crippen LogP contribution in [0.5, 0.6) is 0 Å². The van der Waals surface area contributed by atoms with Gasteiger partial charge in [0.1, 0.15) is 5.69 Å². The van der Waals surface area contributed by atoms with Gasteiger partial charge in [-0.3, -0.25) is 0 Å². The number of carboxylic acids is 1. The number of aromatic nitrogens is 3. The summed E-state index contributed by atoms with van der Waals surface area (Å²) < 4.78 is 41.0. The van der Waals surface area contributed by atoms with Crippen molar-refractivity contribution in [1.82, 2.24) is 15.0 Å². The maximum absolute atomic E-state index is 13.5. The van der Waals surface area contributed by atoms with Crippen molar-refractivity contribution >= 4 is 17.6 Å². The maximum Gasteiger partial charge on any atom is 0.358 e. The predicted octanol–water partition coefficient (Wildman–Crippen LogP) is 3.70. The van der Waals surface area contributed by atoms with E-state index in [1.165, 1.54) is 24.3 Å². The number of aromatic carboxylic acids is 1. The molecule has 3 aromatic rings. The molecule has 0 saturated carbocycles. The van der Waals surface area contributed by atoms with Crippen molar-refractivity contribution in [1.29, 1.82) is 0 Å². The van der Waals surface area contributed by atoms with Gasteiger partial charge in [-0.2, -0.15) is 0 Å². The van der Waals surface area contributed by atoms with Gasteiger partial charge in [0.05, 0.1) is 5.69 Å². The Balaban J connectivity index is 2.26. The van der Waals surface area contributed by atoms with E-state index in [0.29, 0.717) is 22.7 Å². The molecule has 1 heterocycles. The summed E-state index contributed by atoms with van der Waals surface area (Å²) in [5.74, 6) is -5.88. The Kier molecular flexibility index (Phi) is 3.98. The van der Waals surface area contributed by atoms with E-state index >= 15 is 0 Å². The fraction of sp³-hybridized carbons (Fsp3) is 0. The van der Waals surface area contributed by atoms with Crippen LogP contribution in [-0.2, 0) is 0 Å². The molecule has 0 unspecified atom stereocenters. The van der Waals surface area contributed by atoms with Gasteiger partial charge in [0.25, 0.3) is 0 Å². The Morgan fingerprint density at radius 2 is 1.67 bits per heavy atom. The highest BCUT2D eigenvalue weighted by molar-refractivity contribution is 6.30. The third-order valence-electron chi connectivity index (χ3n) is 3.20.